The van der Waals surface area contributed by atoms with E-state index in [4.69, 9.17) is 0 Å². The first-order valence-electron chi connectivity index (χ1n) is 26.6. The van der Waals surface area contributed by atoms with Gasteiger partial charge in [0.1, 0.15) is 6.10 Å². The normalized spacial score (nSPS) is 13.5. The summed E-state index contributed by atoms with van der Waals surface area (Å²) in [4.78, 5) is 12.5. The first kappa shape index (κ1) is 57.8. The summed E-state index contributed by atoms with van der Waals surface area (Å²) in [6.07, 6.45) is 61.9. The fraction of sp³-hybridized carbons (Fsp3) is 0.907. The molecule has 0 rings (SSSR count). The molecule has 0 aliphatic carbocycles. The van der Waals surface area contributed by atoms with E-state index >= 15 is 0 Å². The summed E-state index contributed by atoms with van der Waals surface area (Å²) in [6, 6.07) is -0.824. The summed E-state index contributed by atoms with van der Waals surface area (Å²) >= 11 is 0. The predicted octanol–water partition coefficient (Wildman–Crippen LogP) is 16.1. The van der Waals surface area contributed by atoms with Gasteiger partial charge in [0.05, 0.1) is 18.8 Å². The highest BCUT2D eigenvalue weighted by Gasteiger charge is 2.26. The number of aliphatic hydroxyl groups is 3. The summed E-state index contributed by atoms with van der Waals surface area (Å²) in [5, 5.41) is 33.6. The molecule has 0 bridgehead atoms. The maximum Gasteiger partial charge on any atom is 0.220 e. The van der Waals surface area contributed by atoms with E-state index in [2.05, 4.69) is 43.5 Å². The van der Waals surface area contributed by atoms with E-state index in [1.807, 2.05) is 0 Å². The van der Waals surface area contributed by atoms with E-state index in [1.54, 1.807) is 0 Å². The zero-order valence-electron chi connectivity index (χ0n) is 39.9. The molecule has 4 N–H and O–H groups in total. The number of nitrogens with one attached hydrogen (secondary N) is 1. The quantitative estimate of drug-likeness (QED) is 0.0363. The lowest BCUT2D eigenvalue weighted by atomic mass is 10.0. The van der Waals surface area contributed by atoms with Crippen LogP contribution in [0.5, 0.6) is 0 Å². The summed E-state index contributed by atoms with van der Waals surface area (Å²) in [7, 11) is 0. The average Bonchev–Trinajstić information content (AvgIpc) is 3.24. The third-order valence-electron chi connectivity index (χ3n) is 12.5. The summed E-state index contributed by atoms with van der Waals surface area (Å²) in [5.74, 6) is -0.151. The first-order chi connectivity index (χ1) is 29.1. The molecule has 0 aromatic carbocycles. The lowest BCUT2D eigenvalue weighted by molar-refractivity contribution is -0.124. The molecule has 0 aromatic rings. The lowest BCUT2D eigenvalue weighted by Crippen LogP contribution is -2.50. The van der Waals surface area contributed by atoms with Crippen LogP contribution in [0.25, 0.3) is 0 Å². The van der Waals surface area contributed by atoms with Gasteiger partial charge in [-0.25, -0.2) is 0 Å². The largest absolute Gasteiger partial charge is 0.394 e. The molecule has 0 aromatic heterocycles. The van der Waals surface area contributed by atoms with E-state index in [-0.39, 0.29) is 12.5 Å². The van der Waals surface area contributed by atoms with Crippen LogP contribution in [0.3, 0.4) is 0 Å². The molecule has 0 saturated carbocycles. The second-order valence-electron chi connectivity index (χ2n) is 18.4. The Hall–Kier alpha value is -1.17. The van der Waals surface area contributed by atoms with Gasteiger partial charge in [0.15, 0.2) is 0 Å². The van der Waals surface area contributed by atoms with Crippen LogP contribution in [0.1, 0.15) is 290 Å². The van der Waals surface area contributed by atoms with Gasteiger partial charge in [-0.05, 0) is 64.2 Å². The molecule has 59 heavy (non-hydrogen) atoms. The smallest absolute Gasteiger partial charge is 0.220 e. The second kappa shape index (κ2) is 49.5. The molecule has 0 aliphatic rings. The van der Waals surface area contributed by atoms with Crippen LogP contribution in [0.4, 0.5) is 0 Å². The Morgan fingerprint density at radius 1 is 0.407 bits per heavy atom. The molecule has 5 nitrogen and oxygen atoms in total. The third kappa shape index (κ3) is 44.7. The maximum atomic E-state index is 12.5. The predicted molar refractivity (Wildman–Crippen MR) is 259 cm³/mol. The molecule has 1 amide bonds. The third-order valence-corrected chi connectivity index (χ3v) is 12.5. The lowest BCUT2D eigenvalue weighted by Gasteiger charge is -2.26. The van der Waals surface area contributed by atoms with E-state index < -0.39 is 18.2 Å². The van der Waals surface area contributed by atoms with Crippen LogP contribution in [0.15, 0.2) is 24.3 Å². The fourth-order valence-corrected chi connectivity index (χ4v) is 8.40. The Morgan fingerprint density at radius 3 is 0.983 bits per heavy atom. The van der Waals surface area contributed by atoms with Gasteiger partial charge < -0.3 is 20.6 Å². The molecule has 350 valence electrons. The average molecular weight is 832 g/mol. The zero-order chi connectivity index (χ0) is 43.0. The highest BCUT2D eigenvalue weighted by molar-refractivity contribution is 5.76. The van der Waals surface area contributed by atoms with Crippen LogP contribution >= 0.6 is 0 Å². The van der Waals surface area contributed by atoms with Crippen LogP contribution in [-0.4, -0.2) is 46.1 Å². The monoisotopic (exact) mass is 832 g/mol. The molecule has 0 spiro atoms. The molecule has 0 saturated heterocycles. The number of hydrogen-bond donors (Lipinski definition) is 4. The van der Waals surface area contributed by atoms with Crippen molar-refractivity contribution in [1.29, 1.82) is 0 Å². The van der Waals surface area contributed by atoms with Crippen molar-refractivity contribution in [3.63, 3.8) is 0 Å². The van der Waals surface area contributed by atoms with Crippen LogP contribution in [-0.2, 0) is 4.79 Å². The Bertz CT molecular complexity index is 874. The van der Waals surface area contributed by atoms with Crippen LogP contribution in [0.2, 0.25) is 0 Å². The molecule has 5 heteroatoms. The topological polar surface area (TPSA) is 89.8 Å². The maximum absolute atomic E-state index is 12.5. The summed E-state index contributed by atoms with van der Waals surface area (Å²) in [5.41, 5.74) is 0. The number of amides is 1. The minimum absolute atomic E-state index is 0.151. The SMILES string of the molecule is CCCCCCCCCCCC/C=C/CCCC(O)C(O)C(CO)NC(=O)CCCCCCCCCCCCCCCC/C=C\CCCCCCCCCCCCCC. The van der Waals surface area contributed by atoms with Crippen LogP contribution in [0, 0.1) is 0 Å². The van der Waals surface area contributed by atoms with Crippen molar-refractivity contribution in [2.45, 2.75) is 308 Å². The molecular formula is C54H105NO4. The van der Waals surface area contributed by atoms with Crippen molar-refractivity contribution < 1.29 is 20.1 Å². The van der Waals surface area contributed by atoms with Crippen molar-refractivity contribution in [1.82, 2.24) is 5.32 Å². The molecule has 0 radical (unpaired) electrons. The number of carbonyl (C=O) groups excluding carboxylic acids is 1. The fourth-order valence-electron chi connectivity index (χ4n) is 8.40. The van der Waals surface area contributed by atoms with Crippen molar-refractivity contribution in [3.8, 4) is 0 Å². The van der Waals surface area contributed by atoms with Gasteiger partial charge in [0.25, 0.3) is 0 Å². The van der Waals surface area contributed by atoms with Gasteiger partial charge in [-0.15, -0.1) is 0 Å². The molecule has 3 unspecified atom stereocenters. The Balaban J connectivity index is 3.52. The van der Waals surface area contributed by atoms with Crippen molar-refractivity contribution >= 4 is 5.91 Å². The zero-order valence-corrected chi connectivity index (χ0v) is 39.9. The van der Waals surface area contributed by atoms with Gasteiger partial charge in [-0.3, -0.25) is 4.79 Å². The molecule has 3 atom stereocenters. The number of carbonyl (C=O) groups is 1. The van der Waals surface area contributed by atoms with Gasteiger partial charge >= 0.3 is 0 Å². The number of hydrogen-bond acceptors (Lipinski definition) is 4. The van der Waals surface area contributed by atoms with E-state index in [0.29, 0.717) is 12.8 Å². The minimum atomic E-state index is -1.16. The van der Waals surface area contributed by atoms with E-state index in [9.17, 15) is 20.1 Å². The Kier molecular flexibility index (Phi) is 48.5. The molecular weight excluding hydrogens is 727 g/mol. The summed E-state index contributed by atoms with van der Waals surface area (Å²) in [6.45, 7) is 4.19. The van der Waals surface area contributed by atoms with Crippen LogP contribution < -0.4 is 5.32 Å². The standard InChI is InChI=1S/C54H105NO4/c1-3-5-7-9-11-13-15-17-19-20-21-22-23-24-25-26-27-28-29-30-31-32-33-35-37-39-41-43-45-47-49-53(58)55-51(50-56)54(59)52(57)48-46-44-42-40-38-36-34-18-16-14-12-10-8-6-4-2/h24-25,40,42,51-52,54,56-57,59H,3-23,26-39,41,43-50H2,1-2H3,(H,55,58)/b25-24-,42-40+. The minimum Gasteiger partial charge on any atom is -0.394 e. The number of allylic oxidation sites excluding steroid dienone is 4. The van der Waals surface area contributed by atoms with Crippen molar-refractivity contribution in [2.24, 2.45) is 0 Å². The molecule has 0 fully saturated rings. The first-order valence-corrected chi connectivity index (χ1v) is 26.6. The highest BCUT2D eigenvalue weighted by atomic mass is 16.3. The molecule has 0 heterocycles. The highest BCUT2D eigenvalue weighted by Crippen LogP contribution is 2.17. The summed E-state index contributed by atoms with van der Waals surface area (Å²) < 4.78 is 0. The van der Waals surface area contributed by atoms with Gasteiger partial charge in [-0.1, -0.05) is 244 Å². The Labute approximate surface area is 369 Å². The number of rotatable bonds is 49. The number of unbranched alkanes of at least 4 members (excludes halogenated alkanes) is 37. The van der Waals surface area contributed by atoms with E-state index in [0.717, 1.165) is 38.5 Å². The van der Waals surface area contributed by atoms with Crippen molar-refractivity contribution in [3.05, 3.63) is 24.3 Å². The second-order valence-corrected chi connectivity index (χ2v) is 18.4. The Morgan fingerprint density at radius 2 is 0.678 bits per heavy atom. The van der Waals surface area contributed by atoms with Gasteiger partial charge in [0.2, 0.25) is 5.91 Å². The number of aliphatic hydroxyl groups excluding tert-OH is 3. The van der Waals surface area contributed by atoms with Gasteiger partial charge in [0, 0.05) is 6.42 Å². The van der Waals surface area contributed by atoms with E-state index in [1.165, 1.54) is 225 Å². The van der Waals surface area contributed by atoms with Crippen molar-refractivity contribution in [2.75, 3.05) is 6.61 Å². The molecule has 0 aliphatic heterocycles. The van der Waals surface area contributed by atoms with Gasteiger partial charge in [-0.2, -0.15) is 0 Å².